The first-order valence-electron chi connectivity index (χ1n) is 5.33. The Morgan fingerprint density at radius 2 is 2.25 bits per heavy atom. The molecule has 1 heterocycles. The summed E-state index contributed by atoms with van der Waals surface area (Å²) in [6.07, 6.45) is 6.73. The third kappa shape index (κ3) is 3.53. The number of esters is 1. The second-order valence-electron chi connectivity index (χ2n) is 4.47. The van der Waals surface area contributed by atoms with Gasteiger partial charge in [-0.15, -0.1) is 0 Å². The van der Waals surface area contributed by atoms with Crippen molar-refractivity contribution in [2.75, 3.05) is 6.61 Å². The van der Waals surface area contributed by atoms with Gasteiger partial charge in [0.15, 0.2) is 0 Å². The molecule has 4 heteroatoms. The number of nitrogens with zero attached hydrogens (tertiary/aromatic N) is 2. The molecule has 0 spiro atoms. The van der Waals surface area contributed by atoms with Crippen molar-refractivity contribution in [3.8, 4) is 0 Å². The summed E-state index contributed by atoms with van der Waals surface area (Å²) in [6, 6.07) is 0. The molecular weight excluding hydrogens is 204 g/mol. The van der Waals surface area contributed by atoms with Crippen LogP contribution in [0.2, 0.25) is 0 Å². The van der Waals surface area contributed by atoms with Gasteiger partial charge in [-0.25, -0.2) is 4.79 Å². The minimum atomic E-state index is -0.328. The number of hydrogen-bond acceptors (Lipinski definition) is 3. The molecule has 16 heavy (non-hydrogen) atoms. The van der Waals surface area contributed by atoms with Crippen LogP contribution >= 0.6 is 0 Å². The largest absolute Gasteiger partial charge is 0.463 e. The maximum atomic E-state index is 11.1. The van der Waals surface area contributed by atoms with Crippen LogP contribution in [0.15, 0.2) is 18.5 Å². The Morgan fingerprint density at radius 1 is 1.56 bits per heavy atom. The van der Waals surface area contributed by atoms with Crippen LogP contribution in [0.25, 0.3) is 6.08 Å². The third-order valence-electron chi connectivity index (χ3n) is 1.99. The van der Waals surface area contributed by atoms with E-state index in [0.717, 1.165) is 5.56 Å². The van der Waals surface area contributed by atoms with E-state index in [1.807, 2.05) is 10.9 Å². The number of carbonyl (C=O) groups excluding carboxylic acids is 1. The van der Waals surface area contributed by atoms with Gasteiger partial charge in [-0.2, -0.15) is 5.10 Å². The molecule has 0 saturated heterocycles. The van der Waals surface area contributed by atoms with Crippen molar-refractivity contribution in [2.24, 2.45) is 0 Å². The van der Waals surface area contributed by atoms with Gasteiger partial charge in [-0.1, -0.05) is 0 Å². The summed E-state index contributed by atoms with van der Waals surface area (Å²) < 4.78 is 6.64. The average molecular weight is 222 g/mol. The van der Waals surface area contributed by atoms with Crippen molar-refractivity contribution in [3.05, 3.63) is 24.0 Å². The minimum Gasteiger partial charge on any atom is -0.463 e. The van der Waals surface area contributed by atoms with Gasteiger partial charge >= 0.3 is 5.97 Å². The minimum absolute atomic E-state index is 0.0456. The van der Waals surface area contributed by atoms with Crippen LogP contribution in [0.3, 0.4) is 0 Å². The molecule has 0 aromatic carbocycles. The second kappa shape index (κ2) is 4.96. The Hall–Kier alpha value is -1.58. The molecule has 1 aromatic heterocycles. The monoisotopic (exact) mass is 222 g/mol. The average Bonchev–Trinajstić information content (AvgIpc) is 2.63. The van der Waals surface area contributed by atoms with Gasteiger partial charge < -0.3 is 4.74 Å². The fourth-order valence-corrected chi connectivity index (χ4v) is 1.14. The van der Waals surface area contributed by atoms with Crippen LogP contribution < -0.4 is 0 Å². The predicted molar refractivity (Wildman–Crippen MR) is 62.9 cm³/mol. The molecular formula is C12H18N2O2. The van der Waals surface area contributed by atoms with Gasteiger partial charge in [0.1, 0.15) is 0 Å². The molecule has 0 aliphatic heterocycles. The number of rotatable bonds is 3. The number of aromatic nitrogens is 2. The second-order valence-corrected chi connectivity index (χ2v) is 4.47. The van der Waals surface area contributed by atoms with E-state index in [0.29, 0.717) is 6.61 Å². The molecule has 0 N–H and O–H groups in total. The van der Waals surface area contributed by atoms with Crippen molar-refractivity contribution in [1.29, 1.82) is 0 Å². The fourth-order valence-electron chi connectivity index (χ4n) is 1.14. The Kier molecular flexibility index (Phi) is 3.88. The van der Waals surface area contributed by atoms with Gasteiger partial charge in [-0.3, -0.25) is 4.68 Å². The zero-order valence-electron chi connectivity index (χ0n) is 10.2. The normalized spacial score (nSPS) is 12.0. The molecule has 0 atom stereocenters. The summed E-state index contributed by atoms with van der Waals surface area (Å²) >= 11 is 0. The van der Waals surface area contributed by atoms with Crippen LogP contribution in [0.5, 0.6) is 0 Å². The summed E-state index contributed by atoms with van der Waals surface area (Å²) in [6.45, 7) is 8.38. The van der Waals surface area contributed by atoms with Gasteiger partial charge in [0, 0.05) is 17.8 Å². The number of hydrogen-bond donors (Lipinski definition) is 0. The molecule has 88 valence electrons. The topological polar surface area (TPSA) is 44.1 Å². The first kappa shape index (κ1) is 12.5. The lowest BCUT2D eigenvalue weighted by molar-refractivity contribution is -0.137. The third-order valence-corrected chi connectivity index (χ3v) is 1.99. The Bertz CT molecular complexity index is 386. The lowest BCUT2D eigenvalue weighted by atomic mass is 10.1. The number of ether oxygens (including phenoxy) is 1. The molecule has 0 saturated carbocycles. The first-order chi connectivity index (χ1) is 7.43. The summed E-state index contributed by atoms with van der Waals surface area (Å²) in [7, 11) is 0. The van der Waals surface area contributed by atoms with E-state index in [9.17, 15) is 4.79 Å². The molecule has 0 amide bonds. The van der Waals surface area contributed by atoms with Crippen LogP contribution in [-0.2, 0) is 15.1 Å². The van der Waals surface area contributed by atoms with Gasteiger partial charge in [-0.05, 0) is 33.8 Å². The zero-order chi connectivity index (χ0) is 12.2. The first-order valence-corrected chi connectivity index (χ1v) is 5.33. The summed E-state index contributed by atoms with van der Waals surface area (Å²) in [5, 5.41) is 4.22. The van der Waals surface area contributed by atoms with Crippen LogP contribution in [-0.4, -0.2) is 22.4 Å². The molecule has 0 aliphatic rings. The van der Waals surface area contributed by atoms with Gasteiger partial charge in [0.2, 0.25) is 0 Å². The molecule has 0 aliphatic carbocycles. The highest BCUT2D eigenvalue weighted by atomic mass is 16.5. The van der Waals surface area contributed by atoms with Crippen LogP contribution in [0.4, 0.5) is 0 Å². The predicted octanol–water partition coefficient (Wildman–Crippen LogP) is 2.21. The van der Waals surface area contributed by atoms with Crippen molar-refractivity contribution in [3.63, 3.8) is 0 Å². The summed E-state index contributed by atoms with van der Waals surface area (Å²) in [5.41, 5.74) is 0.846. The van der Waals surface area contributed by atoms with Gasteiger partial charge in [0.25, 0.3) is 0 Å². The maximum absolute atomic E-state index is 11.1. The Morgan fingerprint density at radius 3 is 2.75 bits per heavy atom. The van der Waals surface area contributed by atoms with E-state index in [1.54, 1.807) is 19.2 Å². The molecule has 1 rings (SSSR count). The van der Waals surface area contributed by atoms with E-state index < -0.39 is 0 Å². The molecule has 0 fully saturated rings. The van der Waals surface area contributed by atoms with Crippen molar-refractivity contribution >= 4 is 12.0 Å². The van der Waals surface area contributed by atoms with Crippen LogP contribution in [0.1, 0.15) is 33.3 Å². The molecule has 0 unspecified atom stereocenters. The quantitative estimate of drug-likeness (QED) is 0.581. The standard InChI is InChI=1S/C12H18N2O2/c1-5-16-11(15)7-6-10-8-13-14(9-10)12(2,3)4/h6-9H,5H2,1-4H3. The summed E-state index contributed by atoms with van der Waals surface area (Å²) in [5.74, 6) is -0.328. The smallest absolute Gasteiger partial charge is 0.330 e. The zero-order valence-corrected chi connectivity index (χ0v) is 10.2. The fraction of sp³-hybridized carbons (Fsp3) is 0.500. The van der Waals surface area contributed by atoms with Crippen molar-refractivity contribution in [2.45, 2.75) is 33.2 Å². The molecule has 0 bridgehead atoms. The maximum Gasteiger partial charge on any atom is 0.330 e. The van der Waals surface area contributed by atoms with Crippen molar-refractivity contribution in [1.82, 2.24) is 9.78 Å². The van der Waals surface area contributed by atoms with Crippen molar-refractivity contribution < 1.29 is 9.53 Å². The summed E-state index contributed by atoms with van der Waals surface area (Å²) in [4.78, 5) is 11.1. The molecule has 1 aromatic rings. The van der Waals surface area contributed by atoms with E-state index in [1.165, 1.54) is 6.08 Å². The van der Waals surface area contributed by atoms with E-state index in [2.05, 4.69) is 25.9 Å². The Balaban J connectivity index is 2.69. The highest BCUT2D eigenvalue weighted by Gasteiger charge is 2.13. The SMILES string of the molecule is CCOC(=O)C=Cc1cnn(C(C)(C)C)c1. The van der Waals surface area contributed by atoms with E-state index in [4.69, 9.17) is 4.74 Å². The highest BCUT2D eigenvalue weighted by Crippen LogP contribution is 2.13. The van der Waals surface area contributed by atoms with Crippen LogP contribution in [0, 0.1) is 0 Å². The molecule has 4 nitrogen and oxygen atoms in total. The van der Waals surface area contributed by atoms with E-state index in [-0.39, 0.29) is 11.5 Å². The van der Waals surface area contributed by atoms with Gasteiger partial charge in [0.05, 0.1) is 18.3 Å². The lowest BCUT2D eigenvalue weighted by Crippen LogP contribution is -2.21. The lowest BCUT2D eigenvalue weighted by Gasteiger charge is -2.18. The Labute approximate surface area is 95.9 Å². The molecule has 0 radical (unpaired) electrons. The number of carbonyl (C=O) groups is 1. The van der Waals surface area contributed by atoms with E-state index >= 15 is 0 Å². The highest BCUT2D eigenvalue weighted by molar-refractivity contribution is 5.86.